The Hall–Kier alpha value is 0.178. The van der Waals surface area contributed by atoms with Crippen LogP contribution in [0.5, 0.6) is 0 Å². The summed E-state index contributed by atoms with van der Waals surface area (Å²) in [7, 11) is -1.89. The summed E-state index contributed by atoms with van der Waals surface area (Å²) in [6.45, 7) is 6.33. The predicted octanol–water partition coefficient (Wildman–Crippen LogP) is -2.81. The zero-order valence-electron chi connectivity index (χ0n) is 9.70. The van der Waals surface area contributed by atoms with Crippen molar-refractivity contribution in [3.63, 3.8) is 0 Å². The SMILES string of the molecule is C[Si](C)(C)[SiH2]OC(O[SiH3])(OO[SiH3])C(=O)O. The molecule has 0 saturated carbocycles. The van der Waals surface area contributed by atoms with Crippen LogP contribution in [0.15, 0.2) is 0 Å². The first-order valence-electron chi connectivity index (χ1n) is 4.42. The first kappa shape index (κ1) is 15.2. The van der Waals surface area contributed by atoms with Gasteiger partial charge in [-0.15, -0.1) is 0 Å². The molecule has 0 aliphatic heterocycles. The number of carboxylic acids is 1. The van der Waals surface area contributed by atoms with Crippen molar-refractivity contribution >= 4 is 43.8 Å². The van der Waals surface area contributed by atoms with Crippen LogP contribution in [0, 0.1) is 0 Å². The van der Waals surface area contributed by atoms with Gasteiger partial charge in [0, 0.05) is 0 Å². The number of carbonyl (C=O) groups is 1. The molecule has 0 rings (SSSR count). The average Bonchev–Trinajstić information content (AvgIpc) is 2.10. The third-order valence-corrected chi connectivity index (χ3v) is 6.54. The summed E-state index contributed by atoms with van der Waals surface area (Å²) in [6, 6.07) is 0. The minimum Gasteiger partial charge on any atom is -0.475 e. The van der Waals surface area contributed by atoms with Gasteiger partial charge in [0.2, 0.25) is 0 Å². The van der Waals surface area contributed by atoms with Crippen LogP contribution in [0.2, 0.25) is 19.6 Å². The lowest BCUT2D eigenvalue weighted by Gasteiger charge is -2.29. The smallest absolute Gasteiger partial charge is 0.396 e. The zero-order chi connectivity index (χ0) is 12.1. The third-order valence-electron chi connectivity index (χ3n) is 1.42. The van der Waals surface area contributed by atoms with Crippen LogP contribution in [-0.2, 0) is 23.1 Å². The van der Waals surface area contributed by atoms with Crippen molar-refractivity contribution in [1.29, 1.82) is 0 Å². The molecule has 0 amide bonds. The molecule has 0 bridgehead atoms. The average molecular weight is 287 g/mol. The molecule has 0 aromatic carbocycles. The lowest BCUT2D eigenvalue weighted by molar-refractivity contribution is -0.409. The number of rotatable bonds is 7. The Morgan fingerprint density at radius 2 is 1.93 bits per heavy atom. The molecular weight excluding hydrogens is 268 g/mol. The molecule has 0 aromatic heterocycles. The first-order chi connectivity index (χ1) is 6.77. The van der Waals surface area contributed by atoms with E-state index < -0.39 is 28.8 Å². The minimum atomic E-state index is -2.01. The third kappa shape index (κ3) is 5.16. The van der Waals surface area contributed by atoms with Gasteiger partial charge in [0.1, 0.15) is 0 Å². The molecule has 1 N–H and O–H groups in total. The molecule has 1 unspecified atom stereocenters. The predicted molar refractivity (Wildman–Crippen MR) is 66.5 cm³/mol. The van der Waals surface area contributed by atoms with E-state index in [1.807, 2.05) is 0 Å². The number of hydrogen-bond donors (Lipinski definition) is 1. The topological polar surface area (TPSA) is 74.2 Å². The monoisotopic (exact) mass is 286 g/mol. The molecule has 0 heterocycles. The van der Waals surface area contributed by atoms with Gasteiger partial charge in [0.15, 0.2) is 30.3 Å². The highest BCUT2D eigenvalue weighted by Crippen LogP contribution is 2.15. The summed E-state index contributed by atoms with van der Waals surface area (Å²) in [6.07, 6.45) is 0. The maximum Gasteiger partial charge on any atom is 0.396 e. The Morgan fingerprint density at radius 1 is 1.40 bits per heavy atom. The van der Waals surface area contributed by atoms with Gasteiger partial charge >= 0.3 is 11.9 Å². The van der Waals surface area contributed by atoms with Gasteiger partial charge in [-0.25, -0.2) is 4.79 Å². The van der Waals surface area contributed by atoms with Crippen molar-refractivity contribution in [2.75, 3.05) is 0 Å². The fraction of sp³-hybridized carbons (Fsp3) is 0.800. The van der Waals surface area contributed by atoms with Gasteiger partial charge in [0.25, 0.3) is 0 Å². The van der Waals surface area contributed by atoms with E-state index in [-0.39, 0.29) is 21.0 Å². The summed E-state index contributed by atoms with van der Waals surface area (Å²) in [4.78, 5) is 15.6. The second-order valence-electron chi connectivity index (χ2n) is 4.16. The molecule has 90 valence electrons. The van der Waals surface area contributed by atoms with Crippen LogP contribution < -0.4 is 0 Å². The summed E-state index contributed by atoms with van der Waals surface area (Å²) >= 11 is 0. The molecule has 0 aromatic rings. The maximum atomic E-state index is 11.0. The van der Waals surface area contributed by atoms with Crippen molar-refractivity contribution in [1.82, 2.24) is 0 Å². The molecule has 0 fully saturated rings. The quantitative estimate of drug-likeness (QED) is 0.236. The zero-order valence-corrected chi connectivity index (χ0v) is 16.1. The van der Waals surface area contributed by atoms with E-state index >= 15 is 0 Å². The standard InChI is InChI=1S/C5H18O6Si4/c1-15(2,3)14-10-5(9-12,4(6)7)8-11-13/h14H2,1-3,12-13H3,(H,6,7). The van der Waals surface area contributed by atoms with Crippen LogP contribution in [0.3, 0.4) is 0 Å². The summed E-state index contributed by atoms with van der Waals surface area (Å²) in [5.41, 5.74) is 0. The second-order valence-corrected chi connectivity index (χ2v) is 17.8. The van der Waals surface area contributed by atoms with Crippen molar-refractivity contribution in [2.24, 2.45) is 0 Å². The Labute approximate surface area is 98.0 Å². The van der Waals surface area contributed by atoms with E-state index in [2.05, 4.69) is 29.1 Å². The van der Waals surface area contributed by atoms with E-state index in [1.54, 1.807) is 0 Å². The molecule has 0 aliphatic carbocycles. The summed E-state index contributed by atoms with van der Waals surface area (Å²) < 4.78 is 14.7. The van der Waals surface area contributed by atoms with Gasteiger partial charge in [-0.3, -0.25) is 4.58 Å². The van der Waals surface area contributed by atoms with Crippen LogP contribution >= 0.6 is 0 Å². The molecule has 10 heteroatoms. The van der Waals surface area contributed by atoms with E-state index in [1.165, 1.54) is 0 Å². The van der Waals surface area contributed by atoms with Gasteiger partial charge < -0.3 is 14.0 Å². The van der Waals surface area contributed by atoms with Gasteiger partial charge in [-0.1, -0.05) is 19.6 Å². The highest BCUT2D eigenvalue weighted by molar-refractivity contribution is 7.20. The van der Waals surface area contributed by atoms with Crippen molar-refractivity contribution in [2.45, 2.75) is 25.6 Å². The van der Waals surface area contributed by atoms with Crippen LogP contribution in [0.25, 0.3) is 0 Å². The maximum absolute atomic E-state index is 11.0. The Bertz CT molecular complexity index is 218. The lowest BCUT2D eigenvalue weighted by atomic mass is 10.6. The van der Waals surface area contributed by atoms with E-state index in [4.69, 9.17) is 14.0 Å². The lowest BCUT2D eigenvalue weighted by Crippen LogP contribution is -2.51. The van der Waals surface area contributed by atoms with Crippen LogP contribution in [0.4, 0.5) is 0 Å². The van der Waals surface area contributed by atoms with Gasteiger partial charge in [-0.2, -0.15) is 4.89 Å². The number of aliphatic carboxylic acids is 1. The summed E-state index contributed by atoms with van der Waals surface area (Å²) in [5, 5.41) is 8.97. The number of hydrogen-bond acceptors (Lipinski definition) is 5. The summed E-state index contributed by atoms with van der Waals surface area (Å²) in [5.74, 6) is -3.31. The van der Waals surface area contributed by atoms with Crippen LogP contribution in [-0.4, -0.2) is 54.9 Å². The molecule has 15 heavy (non-hydrogen) atoms. The second kappa shape index (κ2) is 6.05. The Morgan fingerprint density at radius 3 is 2.20 bits per heavy atom. The van der Waals surface area contributed by atoms with Crippen molar-refractivity contribution in [3.8, 4) is 0 Å². The fourth-order valence-corrected chi connectivity index (χ4v) is 4.32. The van der Waals surface area contributed by atoms with Crippen molar-refractivity contribution in [3.05, 3.63) is 0 Å². The highest BCUT2D eigenvalue weighted by atomic mass is 29.2. The first-order valence-corrected chi connectivity index (χ1v) is 12.5. The van der Waals surface area contributed by atoms with Gasteiger partial charge in [-0.05, 0) is 0 Å². The van der Waals surface area contributed by atoms with Crippen molar-refractivity contribution < 1.29 is 28.2 Å². The van der Waals surface area contributed by atoms with Crippen LogP contribution in [0.1, 0.15) is 0 Å². The Kier molecular flexibility index (Phi) is 6.12. The molecule has 0 aliphatic rings. The van der Waals surface area contributed by atoms with E-state index in [0.717, 1.165) is 0 Å². The number of carboxylic acid groups (broad SMARTS) is 1. The molecule has 1 atom stereocenters. The molecule has 0 radical (unpaired) electrons. The van der Waals surface area contributed by atoms with Gasteiger partial charge in [0.05, 0.1) is 7.59 Å². The Balaban J connectivity index is 4.55. The largest absolute Gasteiger partial charge is 0.475 e. The fourth-order valence-electron chi connectivity index (χ4n) is 0.723. The molecule has 0 spiro atoms. The van der Waals surface area contributed by atoms with E-state index in [9.17, 15) is 4.79 Å². The highest BCUT2D eigenvalue weighted by Gasteiger charge is 2.43. The normalized spacial score (nSPS) is 17.3. The molecule has 6 nitrogen and oxygen atoms in total. The van der Waals surface area contributed by atoms with E-state index in [0.29, 0.717) is 0 Å². The minimum absolute atomic E-state index is 0.201. The molecule has 0 saturated heterocycles. The molecular formula is C5H18O6Si4.